The minimum Gasteiger partial charge on any atom is -0.486 e. The fourth-order valence-electron chi connectivity index (χ4n) is 4.21. The van der Waals surface area contributed by atoms with E-state index in [0.717, 1.165) is 37.2 Å². The molecule has 0 aliphatic carbocycles. The number of amides is 2. The van der Waals surface area contributed by atoms with Gasteiger partial charge in [-0.2, -0.15) is 5.26 Å². The first-order chi connectivity index (χ1) is 16.1. The van der Waals surface area contributed by atoms with E-state index in [4.69, 9.17) is 10.00 Å². The molecule has 0 unspecified atom stereocenters. The normalized spacial score (nSPS) is 16.2. The van der Waals surface area contributed by atoms with Crippen LogP contribution in [0.4, 0.5) is 0 Å². The molecular weight excluding hydrogens is 418 g/mol. The Bertz CT molecular complexity index is 1020. The van der Waals surface area contributed by atoms with Gasteiger partial charge in [0.2, 0.25) is 5.91 Å². The van der Waals surface area contributed by atoms with Crippen molar-refractivity contribution >= 4 is 11.8 Å². The van der Waals surface area contributed by atoms with Crippen molar-refractivity contribution in [1.82, 2.24) is 20.1 Å². The summed E-state index contributed by atoms with van der Waals surface area (Å²) < 4.78 is 6.11. The van der Waals surface area contributed by atoms with Crippen LogP contribution in [0.5, 0.6) is 5.75 Å². The van der Waals surface area contributed by atoms with Crippen LogP contribution in [-0.4, -0.2) is 72.0 Å². The summed E-state index contributed by atoms with van der Waals surface area (Å²) in [6.45, 7) is 4.92. The number of nitriles is 1. The summed E-state index contributed by atoms with van der Waals surface area (Å²) in [4.78, 5) is 32.7. The minimum atomic E-state index is -0.172. The lowest BCUT2D eigenvalue weighted by molar-refractivity contribution is -0.138. The molecule has 0 atom stereocenters. The molecule has 2 aliphatic heterocycles. The molecule has 3 heterocycles. The molecule has 2 aromatic rings. The van der Waals surface area contributed by atoms with Crippen LogP contribution in [0.15, 0.2) is 42.7 Å². The molecule has 2 amide bonds. The van der Waals surface area contributed by atoms with E-state index >= 15 is 0 Å². The lowest BCUT2D eigenvalue weighted by Gasteiger charge is -2.38. The van der Waals surface area contributed by atoms with Crippen molar-refractivity contribution in [3.05, 3.63) is 48.3 Å². The fourth-order valence-corrected chi connectivity index (χ4v) is 4.21. The Morgan fingerprint density at radius 1 is 1.18 bits per heavy atom. The van der Waals surface area contributed by atoms with Gasteiger partial charge in [-0.3, -0.25) is 14.6 Å². The predicted molar refractivity (Wildman–Crippen MR) is 124 cm³/mol. The zero-order valence-electron chi connectivity index (χ0n) is 18.7. The van der Waals surface area contributed by atoms with Crippen molar-refractivity contribution in [1.29, 1.82) is 5.26 Å². The van der Waals surface area contributed by atoms with E-state index in [1.165, 1.54) is 12.8 Å². The number of carbonyl (C=O) groups is 2. The Morgan fingerprint density at radius 2 is 1.97 bits per heavy atom. The third-order valence-corrected chi connectivity index (χ3v) is 6.06. The average Bonchev–Trinajstić information content (AvgIpc) is 3.33. The van der Waals surface area contributed by atoms with Crippen LogP contribution >= 0.6 is 0 Å². The van der Waals surface area contributed by atoms with Gasteiger partial charge in [-0.15, -0.1) is 0 Å². The quantitative estimate of drug-likeness (QED) is 0.593. The van der Waals surface area contributed by atoms with E-state index in [-0.39, 0.29) is 24.3 Å². The first-order valence-corrected chi connectivity index (χ1v) is 11.5. The van der Waals surface area contributed by atoms with Crippen molar-refractivity contribution < 1.29 is 14.3 Å². The number of rotatable bonds is 9. The van der Waals surface area contributed by atoms with Gasteiger partial charge in [0.15, 0.2) is 0 Å². The van der Waals surface area contributed by atoms with Crippen molar-refractivity contribution in [2.24, 2.45) is 0 Å². The van der Waals surface area contributed by atoms with Crippen LogP contribution in [0.25, 0.3) is 11.1 Å². The van der Waals surface area contributed by atoms with E-state index in [1.807, 2.05) is 36.4 Å². The Labute approximate surface area is 194 Å². The summed E-state index contributed by atoms with van der Waals surface area (Å²) in [5.41, 5.74) is 2.16. The van der Waals surface area contributed by atoms with Gasteiger partial charge >= 0.3 is 0 Å². The molecule has 2 saturated heterocycles. The second-order valence-electron chi connectivity index (χ2n) is 8.49. The van der Waals surface area contributed by atoms with Gasteiger partial charge in [-0.1, -0.05) is 18.2 Å². The van der Waals surface area contributed by atoms with Gasteiger partial charge in [-0.25, -0.2) is 0 Å². The third-order valence-electron chi connectivity index (χ3n) is 6.06. The Balaban J connectivity index is 1.34. The molecule has 2 fully saturated rings. The number of nitrogens with one attached hydrogen (secondary N) is 1. The van der Waals surface area contributed by atoms with E-state index in [9.17, 15) is 9.59 Å². The van der Waals surface area contributed by atoms with Crippen LogP contribution in [0.1, 0.15) is 36.0 Å². The molecule has 8 heteroatoms. The number of hydrogen-bond donors (Lipinski definition) is 1. The Morgan fingerprint density at radius 3 is 2.76 bits per heavy atom. The maximum atomic E-state index is 12.6. The number of aromatic nitrogens is 1. The number of nitrogens with zero attached hydrogens (tertiary/aromatic N) is 4. The van der Waals surface area contributed by atoms with Gasteiger partial charge in [0.1, 0.15) is 18.3 Å². The number of benzene rings is 1. The molecule has 0 bridgehead atoms. The molecule has 1 aromatic carbocycles. The zero-order valence-corrected chi connectivity index (χ0v) is 18.7. The highest BCUT2D eigenvalue weighted by Crippen LogP contribution is 2.31. The van der Waals surface area contributed by atoms with Crippen molar-refractivity contribution in [3.8, 4) is 22.9 Å². The molecule has 0 radical (unpaired) electrons. The molecule has 1 aromatic heterocycles. The summed E-state index contributed by atoms with van der Waals surface area (Å²) >= 11 is 0. The number of likely N-dealkylation sites (tertiary alicyclic amines) is 2. The fraction of sp³-hybridized carbons (Fsp3) is 0.440. The van der Waals surface area contributed by atoms with E-state index in [0.29, 0.717) is 30.9 Å². The maximum Gasteiger partial charge on any atom is 0.252 e. The zero-order chi connectivity index (χ0) is 23.0. The van der Waals surface area contributed by atoms with Crippen molar-refractivity contribution in [2.45, 2.75) is 31.8 Å². The standard InChI is InChI=1S/C25H29N5O3/c26-9-8-24(31)30-17-21(18-30)33-23-7-2-1-6-22(23)19-14-20(16-27-15-19)25(32)28-10-5-13-29-11-3-4-12-29/h1-2,6-7,14-16,21H,3-5,8,10-13,17-18H2,(H,28,32). The molecule has 4 rings (SSSR count). The lowest BCUT2D eigenvalue weighted by atomic mass is 10.0. The highest BCUT2D eigenvalue weighted by molar-refractivity contribution is 5.95. The highest BCUT2D eigenvalue weighted by Gasteiger charge is 2.32. The van der Waals surface area contributed by atoms with Crippen LogP contribution in [0.2, 0.25) is 0 Å². The van der Waals surface area contributed by atoms with Gasteiger partial charge in [0.05, 0.1) is 24.7 Å². The van der Waals surface area contributed by atoms with Crippen LogP contribution < -0.4 is 10.1 Å². The Hall–Kier alpha value is -3.44. The van der Waals surface area contributed by atoms with Crippen molar-refractivity contribution in [3.63, 3.8) is 0 Å². The molecular formula is C25H29N5O3. The predicted octanol–water partition coefficient (Wildman–Crippen LogP) is 2.47. The van der Waals surface area contributed by atoms with E-state index in [2.05, 4.69) is 15.2 Å². The smallest absolute Gasteiger partial charge is 0.252 e. The SMILES string of the molecule is N#CCC(=O)N1CC(Oc2ccccc2-c2cncc(C(=O)NCCCN3CCCC3)c2)C1. The second kappa shape index (κ2) is 10.9. The van der Waals surface area contributed by atoms with Gasteiger partial charge in [-0.05, 0) is 51.0 Å². The first-order valence-electron chi connectivity index (χ1n) is 11.5. The monoisotopic (exact) mass is 447 g/mol. The Kier molecular flexibility index (Phi) is 7.53. The molecule has 1 N–H and O–H groups in total. The van der Waals surface area contributed by atoms with E-state index in [1.54, 1.807) is 17.3 Å². The maximum absolute atomic E-state index is 12.6. The molecule has 172 valence electrons. The summed E-state index contributed by atoms with van der Waals surface area (Å²) in [5.74, 6) is 0.378. The molecule has 0 saturated carbocycles. The van der Waals surface area contributed by atoms with E-state index < -0.39 is 0 Å². The summed E-state index contributed by atoms with van der Waals surface area (Å²) in [6.07, 6.45) is 6.54. The lowest BCUT2D eigenvalue weighted by Crippen LogP contribution is -2.56. The molecule has 8 nitrogen and oxygen atoms in total. The van der Waals surface area contributed by atoms with Gasteiger partial charge < -0.3 is 19.9 Å². The molecule has 33 heavy (non-hydrogen) atoms. The second-order valence-corrected chi connectivity index (χ2v) is 8.49. The number of pyridine rings is 1. The van der Waals surface area contributed by atoms with Gasteiger partial charge in [0.25, 0.3) is 5.91 Å². The number of para-hydroxylation sites is 1. The highest BCUT2D eigenvalue weighted by atomic mass is 16.5. The minimum absolute atomic E-state index is 0.109. The van der Waals surface area contributed by atoms with Crippen LogP contribution in [0, 0.1) is 11.3 Å². The largest absolute Gasteiger partial charge is 0.486 e. The molecule has 0 spiro atoms. The average molecular weight is 448 g/mol. The number of carbonyl (C=O) groups excluding carboxylic acids is 2. The summed E-state index contributed by atoms with van der Waals surface area (Å²) in [7, 11) is 0. The van der Waals surface area contributed by atoms with Crippen LogP contribution in [0.3, 0.4) is 0 Å². The van der Waals surface area contributed by atoms with Crippen LogP contribution in [-0.2, 0) is 4.79 Å². The number of ether oxygens (including phenoxy) is 1. The van der Waals surface area contributed by atoms with Crippen molar-refractivity contribution in [2.75, 3.05) is 39.3 Å². The third kappa shape index (κ3) is 5.88. The number of hydrogen-bond acceptors (Lipinski definition) is 6. The van der Waals surface area contributed by atoms with Gasteiger partial charge in [0, 0.05) is 30.1 Å². The first kappa shape index (κ1) is 22.7. The topological polar surface area (TPSA) is 98.6 Å². The summed E-state index contributed by atoms with van der Waals surface area (Å²) in [5, 5.41) is 11.7. The summed E-state index contributed by atoms with van der Waals surface area (Å²) in [6, 6.07) is 11.3. The molecule has 2 aliphatic rings.